The van der Waals surface area contributed by atoms with Gasteiger partial charge in [-0.1, -0.05) is 36.4 Å². The van der Waals surface area contributed by atoms with Crippen LogP contribution in [-0.4, -0.2) is 40.5 Å². The minimum absolute atomic E-state index is 0.0510. The number of hydrogen-bond acceptors (Lipinski definition) is 5. The summed E-state index contributed by atoms with van der Waals surface area (Å²) in [5.41, 5.74) is 7.49. The van der Waals surface area contributed by atoms with Crippen molar-refractivity contribution < 1.29 is 23.5 Å². The Kier molecular flexibility index (Phi) is 7.07. The van der Waals surface area contributed by atoms with E-state index in [0.29, 0.717) is 19.3 Å². The summed E-state index contributed by atoms with van der Waals surface area (Å²) in [7, 11) is -3.93. The van der Waals surface area contributed by atoms with Crippen molar-refractivity contribution in [3.05, 3.63) is 101 Å². The van der Waals surface area contributed by atoms with E-state index in [0.717, 1.165) is 38.7 Å². The van der Waals surface area contributed by atoms with Crippen LogP contribution in [0.1, 0.15) is 40.3 Å². The van der Waals surface area contributed by atoms with E-state index < -0.39 is 15.9 Å². The molecule has 8 nitrogen and oxygen atoms in total. The summed E-state index contributed by atoms with van der Waals surface area (Å²) in [5.74, 6) is -0.729. The Morgan fingerprint density at radius 3 is 2.79 bits per heavy atom. The maximum Gasteiger partial charge on any atom is 0.267 e. The Labute approximate surface area is 221 Å². The number of phenols is 1. The van der Waals surface area contributed by atoms with E-state index in [-0.39, 0.29) is 23.2 Å². The van der Waals surface area contributed by atoms with Crippen LogP contribution in [0, 0.1) is 6.92 Å². The van der Waals surface area contributed by atoms with Crippen molar-refractivity contribution in [3.8, 4) is 5.75 Å². The van der Waals surface area contributed by atoms with Crippen LogP contribution in [0.2, 0.25) is 0 Å². The number of rotatable bonds is 8. The predicted octanol–water partition coefficient (Wildman–Crippen LogP) is 4.62. The maximum atomic E-state index is 14.0. The fourth-order valence-electron chi connectivity index (χ4n) is 5.19. The summed E-state index contributed by atoms with van der Waals surface area (Å²) in [4.78, 5) is 14.7. The van der Waals surface area contributed by atoms with Gasteiger partial charge in [0.05, 0.1) is 10.9 Å². The zero-order valence-electron chi connectivity index (χ0n) is 20.9. The molecule has 5 rings (SSSR count). The number of hydrogen-bond donors (Lipinski definition) is 4. The minimum atomic E-state index is -3.93. The van der Waals surface area contributed by atoms with Gasteiger partial charge >= 0.3 is 0 Å². The molecule has 4 N–H and O–H groups in total. The molecule has 1 amide bonds. The highest BCUT2D eigenvalue weighted by Gasteiger charge is 2.36. The van der Waals surface area contributed by atoms with E-state index in [1.165, 1.54) is 30.3 Å². The number of benzene rings is 3. The van der Waals surface area contributed by atoms with Crippen LogP contribution in [0.4, 0.5) is 0 Å². The van der Waals surface area contributed by atoms with Crippen LogP contribution in [0.3, 0.4) is 0 Å². The molecule has 4 aromatic rings. The monoisotopic (exact) mass is 531 g/mol. The number of aromatic hydroxyl groups is 1. The van der Waals surface area contributed by atoms with Crippen LogP contribution in [0.25, 0.3) is 17.0 Å². The number of fused-ring (bicyclic) bond motifs is 2. The molecule has 1 aliphatic carbocycles. The number of carbonyl (C=O) groups is 1. The summed E-state index contributed by atoms with van der Waals surface area (Å²) in [6.07, 6.45) is 6.59. The largest absolute Gasteiger partial charge is 0.508 e. The average molecular weight is 532 g/mol. The first kappa shape index (κ1) is 25.7. The van der Waals surface area contributed by atoms with Crippen LogP contribution < -0.4 is 5.48 Å². The molecule has 1 atom stereocenters. The fraction of sp³-hybridized carbons (Fsp3) is 0.207. The Balaban J connectivity index is 1.49. The number of amides is 1. The number of aromatic nitrogens is 1. The lowest BCUT2D eigenvalue weighted by Crippen LogP contribution is -2.35. The molecule has 1 unspecified atom stereocenters. The molecular formula is C29H29N3O5S. The summed E-state index contributed by atoms with van der Waals surface area (Å²) >= 11 is 0. The molecule has 9 heteroatoms. The zero-order chi connectivity index (χ0) is 26.9. The molecule has 38 heavy (non-hydrogen) atoms. The average Bonchev–Trinajstić information content (AvgIpc) is 3.50. The molecule has 0 spiro atoms. The van der Waals surface area contributed by atoms with Crippen molar-refractivity contribution in [3.63, 3.8) is 0 Å². The summed E-state index contributed by atoms with van der Waals surface area (Å²) < 4.78 is 29.5. The molecule has 0 radical (unpaired) electrons. The van der Waals surface area contributed by atoms with Gasteiger partial charge in [-0.15, -0.1) is 0 Å². The number of hydroxylamine groups is 1. The first-order valence-electron chi connectivity index (χ1n) is 12.4. The van der Waals surface area contributed by atoms with Crippen molar-refractivity contribution in [2.24, 2.45) is 0 Å². The van der Waals surface area contributed by atoms with Crippen LogP contribution >= 0.6 is 0 Å². The van der Waals surface area contributed by atoms with Gasteiger partial charge in [0, 0.05) is 29.7 Å². The van der Waals surface area contributed by atoms with E-state index in [9.17, 15) is 18.3 Å². The number of nitrogens with one attached hydrogen (secondary N) is 2. The molecule has 0 bridgehead atoms. The second-order valence-corrected chi connectivity index (χ2v) is 11.4. The first-order valence-corrected chi connectivity index (χ1v) is 13.8. The highest BCUT2D eigenvalue weighted by molar-refractivity contribution is 7.89. The molecule has 1 heterocycles. The highest BCUT2D eigenvalue weighted by atomic mass is 32.2. The van der Waals surface area contributed by atoms with Gasteiger partial charge in [0.2, 0.25) is 10.0 Å². The van der Waals surface area contributed by atoms with Crippen LogP contribution in [-0.2, 0) is 27.7 Å². The fourth-order valence-corrected chi connectivity index (χ4v) is 6.86. The van der Waals surface area contributed by atoms with Crippen molar-refractivity contribution in [1.82, 2.24) is 14.8 Å². The Morgan fingerprint density at radius 2 is 2.00 bits per heavy atom. The standard InChI is InChI=1S/C29H29N3O5S/c1-19-5-9-25-22(18-30-27(25)15-19)13-14-32(38(36,37)24-4-2-3-23(33)17-24)28-11-8-21-16-20(6-10-26(21)28)7-12-29(34)31-35/h2-7,9-10,12,15-18,28,30,33,35H,8,11,13-14H2,1H3,(H,31,34). The summed E-state index contributed by atoms with van der Waals surface area (Å²) in [5, 5.41) is 19.8. The van der Waals surface area contributed by atoms with Crippen molar-refractivity contribution in [2.45, 2.75) is 37.1 Å². The number of H-pyrrole nitrogens is 1. The highest BCUT2D eigenvalue weighted by Crippen LogP contribution is 2.40. The van der Waals surface area contributed by atoms with E-state index in [1.54, 1.807) is 15.9 Å². The third-order valence-electron chi connectivity index (χ3n) is 7.05. The third-order valence-corrected chi connectivity index (χ3v) is 8.95. The van der Waals surface area contributed by atoms with Gasteiger partial charge < -0.3 is 10.1 Å². The molecule has 1 aliphatic rings. The maximum absolute atomic E-state index is 14.0. The van der Waals surface area contributed by atoms with Gasteiger partial charge in [-0.3, -0.25) is 10.0 Å². The lowest BCUT2D eigenvalue weighted by Gasteiger charge is -2.29. The topological polar surface area (TPSA) is 123 Å². The molecular weight excluding hydrogens is 502 g/mol. The number of phenolic OH excluding ortho intramolecular Hbond substituents is 1. The lowest BCUT2D eigenvalue weighted by atomic mass is 10.0. The van der Waals surface area contributed by atoms with E-state index in [4.69, 9.17) is 5.21 Å². The van der Waals surface area contributed by atoms with Gasteiger partial charge in [-0.2, -0.15) is 4.31 Å². The summed E-state index contributed by atoms with van der Waals surface area (Å²) in [6.45, 7) is 2.30. The smallest absolute Gasteiger partial charge is 0.267 e. The van der Waals surface area contributed by atoms with E-state index in [1.807, 2.05) is 37.4 Å². The quantitative estimate of drug-likeness (QED) is 0.150. The van der Waals surface area contributed by atoms with Crippen LogP contribution in [0.5, 0.6) is 5.75 Å². The first-order chi connectivity index (χ1) is 18.3. The lowest BCUT2D eigenvalue weighted by molar-refractivity contribution is -0.124. The summed E-state index contributed by atoms with van der Waals surface area (Å²) in [6, 6.07) is 17.3. The van der Waals surface area contributed by atoms with Gasteiger partial charge in [0.15, 0.2) is 0 Å². The van der Waals surface area contributed by atoms with Gasteiger partial charge in [0.1, 0.15) is 5.75 Å². The third kappa shape index (κ3) is 5.08. The van der Waals surface area contributed by atoms with Crippen molar-refractivity contribution >= 4 is 32.9 Å². The normalized spacial score (nSPS) is 15.4. The predicted molar refractivity (Wildman–Crippen MR) is 145 cm³/mol. The number of aromatic amines is 1. The van der Waals surface area contributed by atoms with E-state index >= 15 is 0 Å². The van der Waals surface area contributed by atoms with E-state index in [2.05, 4.69) is 17.1 Å². The Morgan fingerprint density at radius 1 is 1.16 bits per heavy atom. The molecule has 196 valence electrons. The molecule has 3 aromatic carbocycles. The number of carbonyl (C=O) groups excluding carboxylic acids is 1. The molecule has 0 aliphatic heterocycles. The van der Waals surface area contributed by atoms with Crippen LogP contribution in [0.15, 0.2) is 77.8 Å². The Hall–Kier alpha value is -3.92. The number of sulfonamides is 1. The van der Waals surface area contributed by atoms with Gasteiger partial charge in [0.25, 0.3) is 5.91 Å². The second-order valence-electron chi connectivity index (χ2n) is 9.55. The van der Waals surface area contributed by atoms with Gasteiger partial charge in [-0.25, -0.2) is 13.9 Å². The van der Waals surface area contributed by atoms with Crippen molar-refractivity contribution in [2.75, 3.05) is 6.54 Å². The minimum Gasteiger partial charge on any atom is -0.508 e. The Bertz CT molecular complexity index is 1640. The molecule has 1 aromatic heterocycles. The number of aryl methyl sites for hydroxylation is 2. The molecule has 0 saturated carbocycles. The zero-order valence-corrected chi connectivity index (χ0v) is 21.7. The SMILES string of the molecule is Cc1ccc2c(CCN(C3CCc4cc(C=CC(=O)NO)ccc43)S(=O)(=O)c3cccc(O)c3)c[nH]c2c1. The van der Waals surface area contributed by atoms with Gasteiger partial charge in [-0.05, 0) is 84.3 Å². The second kappa shape index (κ2) is 10.4. The molecule has 0 fully saturated rings. The molecule has 0 saturated heterocycles. The van der Waals surface area contributed by atoms with Crippen molar-refractivity contribution in [1.29, 1.82) is 0 Å². The number of nitrogens with zero attached hydrogens (tertiary/aromatic N) is 1.